The molecule has 9 heteroatoms. The maximum atomic E-state index is 12.8. The fraction of sp³-hybridized carbons (Fsp3) is 0.467. The maximum absolute atomic E-state index is 12.8. The first-order valence-corrected chi connectivity index (χ1v) is 8.89. The number of benzene rings is 1. The van der Waals surface area contributed by atoms with Gasteiger partial charge in [0.15, 0.2) is 0 Å². The SMILES string of the molecule is CCN(CC)C(=S)S[C@@H](C)C(=O)Nc1cc(C(F)(F)F)ccc1Cl. The van der Waals surface area contributed by atoms with Crippen molar-refractivity contribution >= 4 is 51.5 Å². The second-order valence-corrected chi connectivity index (χ2v) is 7.26. The summed E-state index contributed by atoms with van der Waals surface area (Å²) in [6.07, 6.45) is -4.51. The average molecular weight is 399 g/mol. The first-order chi connectivity index (χ1) is 11.1. The molecule has 3 nitrogen and oxygen atoms in total. The second kappa shape index (κ2) is 8.92. The van der Waals surface area contributed by atoms with Crippen molar-refractivity contribution in [2.75, 3.05) is 18.4 Å². The number of amides is 1. The molecule has 0 heterocycles. The first kappa shape index (κ1) is 21.1. The normalized spacial score (nSPS) is 12.6. The highest BCUT2D eigenvalue weighted by Crippen LogP contribution is 2.34. The lowest BCUT2D eigenvalue weighted by Crippen LogP contribution is -2.31. The molecule has 0 aromatic heterocycles. The summed E-state index contributed by atoms with van der Waals surface area (Å²) in [6, 6.07) is 2.80. The van der Waals surface area contributed by atoms with E-state index in [2.05, 4.69) is 5.32 Å². The zero-order valence-corrected chi connectivity index (χ0v) is 15.8. The van der Waals surface area contributed by atoms with Crippen LogP contribution < -0.4 is 5.32 Å². The van der Waals surface area contributed by atoms with Gasteiger partial charge in [0.2, 0.25) is 5.91 Å². The van der Waals surface area contributed by atoms with Crippen LogP contribution in [0.1, 0.15) is 26.3 Å². The van der Waals surface area contributed by atoms with Gasteiger partial charge in [0, 0.05) is 13.1 Å². The van der Waals surface area contributed by atoms with E-state index in [0.717, 1.165) is 31.3 Å². The number of rotatable bonds is 5. The predicted octanol–water partition coefficient (Wildman–Crippen LogP) is 5.05. The van der Waals surface area contributed by atoms with Gasteiger partial charge in [-0.15, -0.1) is 0 Å². The molecule has 0 unspecified atom stereocenters. The Morgan fingerprint density at radius 2 is 1.96 bits per heavy atom. The van der Waals surface area contributed by atoms with E-state index in [-0.39, 0.29) is 10.7 Å². The summed E-state index contributed by atoms with van der Waals surface area (Å²) in [5, 5.41) is 1.91. The lowest BCUT2D eigenvalue weighted by molar-refractivity contribution is -0.137. The fourth-order valence-corrected chi connectivity index (χ4v) is 3.52. The van der Waals surface area contributed by atoms with Crippen LogP contribution in [0.5, 0.6) is 0 Å². The summed E-state index contributed by atoms with van der Waals surface area (Å²) in [6.45, 7) is 6.97. The Kier molecular flexibility index (Phi) is 7.82. The number of thiocarbonyl (C=S) groups is 1. The zero-order chi connectivity index (χ0) is 18.5. The number of carbonyl (C=O) groups is 1. The smallest absolute Gasteiger partial charge is 0.358 e. The highest BCUT2D eigenvalue weighted by atomic mass is 35.5. The van der Waals surface area contributed by atoms with Crippen LogP contribution in [0.15, 0.2) is 18.2 Å². The van der Waals surface area contributed by atoms with Gasteiger partial charge in [-0.1, -0.05) is 35.6 Å². The number of hydrogen-bond acceptors (Lipinski definition) is 3. The number of thioether (sulfide) groups is 1. The van der Waals surface area contributed by atoms with Crippen molar-refractivity contribution in [1.82, 2.24) is 4.90 Å². The topological polar surface area (TPSA) is 32.3 Å². The van der Waals surface area contributed by atoms with E-state index in [1.165, 1.54) is 11.8 Å². The van der Waals surface area contributed by atoms with E-state index in [0.29, 0.717) is 4.32 Å². The minimum absolute atomic E-state index is 0.0415. The van der Waals surface area contributed by atoms with Crippen molar-refractivity contribution in [3.8, 4) is 0 Å². The second-order valence-electron chi connectivity index (χ2n) is 4.88. The van der Waals surface area contributed by atoms with Crippen molar-refractivity contribution < 1.29 is 18.0 Å². The van der Waals surface area contributed by atoms with Crippen LogP contribution in [-0.2, 0) is 11.0 Å². The molecule has 0 spiro atoms. The molecule has 0 fully saturated rings. The van der Waals surface area contributed by atoms with Gasteiger partial charge in [-0.25, -0.2) is 0 Å². The molecule has 134 valence electrons. The molecule has 0 aliphatic carbocycles. The van der Waals surface area contributed by atoms with Crippen molar-refractivity contribution in [3.05, 3.63) is 28.8 Å². The molecule has 0 saturated carbocycles. The standard InChI is InChI=1S/C15H18ClF3N2OS2/c1-4-21(5-2)14(23)24-9(3)13(22)20-12-8-10(15(17,18)19)6-7-11(12)16/h6-9H,4-5H2,1-3H3,(H,20,22)/t9-/m0/s1. The quantitative estimate of drug-likeness (QED) is 0.704. The average Bonchev–Trinajstić information content (AvgIpc) is 2.49. The zero-order valence-electron chi connectivity index (χ0n) is 13.4. The number of nitrogens with one attached hydrogen (secondary N) is 1. The molecule has 1 aromatic rings. The summed E-state index contributed by atoms with van der Waals surface area (Å²) in [4.78, 5) is 14.1. The minimum atomic E-state index is -4.51. The van der Waals surface area contributed by atoms with Crippen LogP contribution in [0.4, 0.5) is 18.9 Å². The van der Waals surface area contributed by atoms with Gasteiger partial charge in [-0.05, 0) is 39.0 Å². The van der Waals surface area contributed by atoms with Crippen LogP contribution >= 0.6 is 35.6 Å². The Hall–Kier alpha value is -0.990. The number of carbonyl (C=O) groups excluding carboxylic acids is 1. The Balaban J connectivity index is 2.82. The molecule has 1 rings (SSSR count). The van der Waals surface area contributed by atoms with Gasteiger partial charge < -0.3 is 10.2 Å². The Labute approximate surface area is 153 Å². The Morgan fingerprint density at radius 3 is 2.46 bits per heavy atom. The minimum Gasteiger partial charge on any atom is -0.358 e. The number of halogens is 4. The lowest BCUT2D eigenvalue weighted by Gasteiger charge is -2.23. The van der Waals surface area contributed by atoms with Crippen molar-refractivity contribution in [3.63, 3.8) is 0 Å². The number of anilines is 1. The molecule has 1 N–H and O–H groups in total. The first-order valence-electron chi connectivity index (χ1n) is 7.23. The summed E-state index contributed by atoms with van der Waals surface area (Å²) in [5.41, 5.74) is -0.945. The Bertz CT molecular complexity index is 607. The van der Waals surface area contributed by atoms with Crippen LogP contribution in [0, 0.1) is 0 Å². The number of hydrogen-bond donors (Lipinski definition) is 1. The molecular formula is C15H18ClF3N2OS2. The molecule has 1 atom stereocenters. The monoisotopic (exact) mass is 398 g/mol. The number of alkyl halides is 3. The third kappa shape index (κ3) is 5.82. The molecule has 0 radical (unpaired) electrons. The molecular weight excluding hydrogens is 381 g/mol. The van der Waals surface area contributed by atoms with Gasteiger partial charge in [-0.3, -0.25) is 4.79 Å². The van der Waals surface area contributed by atoms with E-state index >= 15 is 0 Å². The molecule has 1 amide bonds. The van der Waals surface area contributed by atoms with Gasteiger partial charge in [0.25, 0.3) is 0 Å². The van der Waals surface area contributed by atoms with Gasteiger partial charge >= 0.3 is 6.18 Å². The maximum Gasteiger partial charge on any atom is 0.416 e. The van der Waals surface area contributed by atoms with Crippen LogP contribution in [0.25, 0.3) is 0 Å². The summed E-state index contributed by atoms with van der Waals surface area (Å²) in [5.74, 6) is -0.462. The molecule has 24 heavy (non-hydrogen) atoms. The van der Waals surface area contributed by atoms with E-state index in [1.54, 1.807) is 6.92 Å². The molecule has 0 aliphatic heterocycles. The van der Waals surface area contributed by atoms with E-state index in [9.17, 15) is 18.0 Å². The summed E-state index contributed by atoms with van der Waals surface area (Å²) >= 11 is 12.3. The van der Waals surface area contributed by atoms with Crippen molar-refractivity contribution in [1.29, 1.82) is 0 Å². The third-order valence-corrected chi connectivity index (χ3v) is 5.12. The van der Waals surface area contributed by atoms with Crippen LogP contribution in [-0.4, -0.2) is 33.5 Å². The third-order valence-electron chi connectivity index (χ3n) is 3.22. The van der Waals surface area contributed by atoms with Gasteiger partial charge in [0.1, 0.15) is 4.32 Å². The largest absolute Gasteiger partial charge is 0.416 e. The number of nitrogens with zero attached hydrogens (tertiary/aromatic N) is 1. The van der Waals surface area contributed by atoms with Crippen LogP contribution in [0.2, 0.25) is 5.02 Å². The summed E-state index contributed by atoms with van der Waals surface area (Å²) in [7, 11) is 0. The van der Waals surface area contributed by atoms with Crippen molar-refractivity contribution in [2.45, 2.75) is 32.2 Å². The lowest BCUT2D eigenvalue weighted by atomic mass is 10.2. The highest BCUT2D eigenvalue weighted by Gasteiger charge is 2.31. The molecule has 0 aliphatic rings. The van der Waals surface area contributed by atoms with Gasteiger partial charge in [0.05, 0.1) is 21.5 Å². The molecule has 0 saturated heterocycles. The van der Waals surface area contributed by atoms with Crippen molar-refractivity contribution in [2.24, 2.45) is 0 Å². The molecule has 1 aromatic carbocycles. The highest BCUT2D eigenvalue weighted by molar-refractivity contribution is 8.23. The van der Waals surface area contributed by atoms with Crippen LogP contribution in [0.3, 0.4) is 0 Å². The molecule has 0 bridgehead atoms. The van der Waals surface area contributed by atoms with E-state index in [1.807, 2.05) is 18.7 Å². The summed E-state index contributed by atoms with van der Waals surface area (Å²) < 4.78 is 38.8. The van der Waals surface area contributed by atoms with Gasteiger partial charge in [-0.2, -0.15) is 13.2 Å². The fourth-order valence-electron chi connectivity index (χ4n) is 1.79. The van der Waals surface area contributed by atoms with E-state index in [4.69, 9.17) is 23.8 Å². The Morgan fingerprint density at radius 1 is 1.38 bits per heavy atom. The van der Waals surface area contributed by atoms with E-state index < -0.39 is 22.9 Å². The predicted molar refractivity (Wildman–Crippen MR) is 97.7 cm³/mol.